The number of thiophene rings is 1. The highest BCUT2D eigenvalue weighted by Crippen LogP contribution is 2.44. The van der Waals surface area contributed by atoms with E-state index in [1.807, 2.05) is 44.4 Å². The number of carbonyl (C=O) groups is 1. The van der Waals surface area contributed by atoms with Crippen LogP contribution in [0.15, 0.2) is 41.7 Å². The zero-order valence-electron chi connectivity index (χ0n) is 15.8. The summed E-state index contributed by atoms with van der Waals surface area (Å²) in [6.45, 7) is 2.32. The van der Waals surface area contributed by atoms with E-state index in [1.165, 1.54) is 22.2 Å². The van der Waals surface area contributed by atoms with E-state index in [1.54, 1.807) is 34.3 Å². The molecular formula is C21H23N3OS2. The fourth-order valence-corrected chi connectivity index (χ4v) is 6.26. The smallest absolute Gasteiger partial charge is 0.240 e. The van der Waals surface area contributed by atoms with Crippen molar-refractivity contribution in [2.75, 3.05) is 14.1 Å². The first-order valence-electron chi connectivity index (χ1n) is 9.22. The Hall–Kier alpha value is -1.92. The van der Waals surface area contributed by atoms with Crippen molar-refractivity contribution in [2.45, 2.75) is 36.5 Å². The number of aromatic nitrogens is 2. The molecule has 1 aromatic carbocycles. The fraction of sp³-hybridized carbons (Fsp3) is 0.381. The summed E-state index contributed by atoms with van der Waals surface area (Å²) in [6.07, 6.45) is 5.04. The molecule has 2 atom stereocenters. The van der Waals surface area contributed by atoms with Gasteiger partial charge >= 0.3 is 0 Å². The van der Waals surface area contributed by atoms with Gasteiger partial charge in [-0.15, -0.1) is 11.3 Å². The predicted molar refractivity (Wildman–Crippen MR) is 112 cm³/mol. The van der Waals surface area contributed by atoms with Gasteiger partial charge in [0.1, 0.15) is 21.4 Å². The largest absolute Gasteiger partial charge is 0.348 e. The summed E-state index contributed by atoms with van der Waals surface area (Å²) >= 11 is 3.35. The van der Waals surface area contributed by atoms with Crippen molar-refractivity contribution in [1.82, 2.24) is 14.9 Å². The third kappa shape index (κ3) is 3.60. The number of nitrogens with zero attached hydrogens (tertiary/aromatic N) is 3. The van der Waals surface area contributed by atoms with E-state index in [-0.39, 0.29) is 11.2 Å². The molecule has 1 amide bonds. The van der Waals surface area contributed by atoms with E-state index in [2.05, 4.69) is 16.9 Å². The predicted octanol–water partition coefficient (Wildman–Crippen LogP) is 4.74. The van der Waals surface area contributed by atoms with Gasteiger partial charge in [-0.3, -0.25) is 4.79 Å². The van der Waals surface area contributed by atoms with Crippen LogP contribution in [0.2, 0.25) is 0 Å². The average molecular weight is 398 g/mol. The molecule has 140 valence electrons. The average Bonchev–Trinajstić information content (AvgIpc) is 3.04. The van der Waals surface area contributed by atoms with E-state index >= 15 is 0 Å². The number of benzene rings is 1. The van der Waals surface area contributed by atoms with E-state index in [0.717, 1.165) is 34.2 Å². The Kier molecular flexibility index (Phi) is 5.19. The van der Waals surface area contributed by atoms with Gasteiger partial charge in [-0.1, -0.05) is 49.0 Å². The van der Waals surface area contributed by atoms with Crippen LogP contribution < -0.4 is 0 Å². The summed E-state index contributed by atoms with van der Waals surface area (Å²) in [4.78, 5) is 26.2. The number of fused-ring (bicyclic) bond motifs is 3. The van der Waals surface area contributed by atoms with Crippen molar-refractivity contribution in [3.05, 3.63) is 52.7 Å². The van der Waals surface area contributed by atoms with Crippen molar-refractivity contribution in [3.63, 3.8) is 0 Å². The van der Waals surface area contributed by atoms with Gasteiger partial charge in [0.05, 0.1) is 0 Å². The Morgan fingerprint density at radius 2 is 2.04 bits per heavy atom. The quantitative estimate of drug-likeness (QED) is 0.471. The van der Waals surface area contributed by atoms with Crippen LogP contribution in [0.3, 0.4) is 0 Å². The Labute approximate surface area is 168 Å². The van der Waals surface area contributed by atoms with Crippen LogP contribution in [0.1, 0.15) is 34.6 Å². The number of carbonyl (C=O) groups excluding carboxylic acids is 1. The molecule has 0 saturated carbocycles. The molecule has 1 aliphatic carbocycles. The lowest BCUT2D eigenvalue weighted by Gasteiger charge is -2.21. The maximum atomic E-state index is 12.9. The monoisotopic (exact) mass is 397 g/mol. The number of aryl methyl sites for hydroxylation is 1. The second-order valence-electron chi connectivity index (χ2n) is 7.35. The highest BCUT2D eigenvalue weighted by atomic mass is 32.2. The van der Waals surface area contributed by atoms with Crippen molar-refractivity contribution >= 4 is 39.2 Å². The molecule has 1 aliphatic rings. The first-order valence-corrected chi connectivity index (χ1v) is 10.9. The van der Waals surface area contributed by atoms with E-state index < -0.39 is 0 Å². The molecule has 0 spiro atoms. The van der Waals surface area contributed by atoms with Crippen LogP contribution in [-0.2, 0) is 17.6 Å². The number of likely N-dealkylation sites (N-methyl/N-ethyl adjacent to an activating group) is 1. The van der Waals surface area contributed by atoms with Crippen LogP contribution in [0.25, 0.3) is 10.2 Å². The standard InChI is InChI=1S/C21H23N3OS2/c1-13-9-10-15-16(11-13)26-19-17(15)20(23-12-22-19)27-18(21(25)24(2)3)14-7-5-4-6-8-14/h4-8,12-13,18H,9-11H2,1-3H3/t13-,18+/m1/s1. The summed E-state index contributed by atoms with van der Waals surface area (Å²) in [5.41, 5.74) is 2.41. The number of thioether (sulfide) groups is 1. The zero-order valence-corrected chi connectivity index (χ0v) is 17.4. The second-order valence-corrected chi connectivity index (χ2v) is 9.53. The molecule has 0 N–H and O–H groups in total. The second kappa shape index (κ2) is 7.60. The molecule has 2 heterocycles. The molecule has 27 heavy (non-hydrogen) atoms. The Balaban J connectivity index is 1.78. The normalized spacial score (nSPS) is 17.5. The van der Waals surface area contributed by atoms with Crippen molar-refractivity contribution in [2.24, 2.45) is 5.92 Å². The van der Waals surface area contributed by atoms with Crippen molar-refractivity contribution in [1.29, 1.82) is 0 Å². The molecule has 4 nitrogen and oxygen atoms in total. The number of amides is 1. The Morgan fingerprint density at radius 3 is 2.78 bits per heavy atom. The fourth-order valence-electron chi connectivity index (χ4n) is 3.57. The van der Waals surface area contributed by atoms with Crippen LogP contribution in [-0.4, -0.2) is 34.9 Å². The number of rotatable bonds is 4. The molecule has 6 heteroatoms. The SMILES string of the molecule is C[C@@H]1CCc2c(sc3ncnc(S[C@H](C(=O)N(C)C)c4ccccc4)c23)C1. The third-order valence-electron chi connectivity index (χ3n) is 5.05. The van der Waals surface area contributed by atoms with E-state index in [9.17, 15) is 4.79 Å². The minimum atomic E-state index is -0.308. The first kappa shape index (κ1) is 18.4. The maximum Gasteiger partial charge on any atom is 0.240 e. The molecule has 2 aromatic heterocycles. The van der Waals surface area contributed by atoms with Gasteiger partial charge in [-0.2, -0.15) is 0 Å². The van der Waals surface area contributed by atoms with E-state index in [4.69, 9.17) is 0 Å². The van der Waals surface area contributed by atoms with Gasteiger partial charge in [-0.05, 0) is 36.3 Å². The first-order chi connectivity index (χ1) is 13.0. The van der Waals surface area contributed by atoms with Crippen LogP contribution >= 0.6 is 23.1 Å². The highest BCUT2D eigenvalue weighted by Gasteiger charge is 2.28. The Bertz CT molecular complexity index is 968. The minimum Gasteiger partial charge on any atom is -0.348 e. The molecule has 0 bridgehead atoms. The number of hydrogen-bond acceptors (Lipinski definition) is 5. The molecular weight excluding hydrogens is 374 g/mol. The van der Waals surface area contributed by atoms with Gasteiger partial charge in [0, 0.05) is 24.4 Å². The van der Waals surface area contributed by atoms with Crippen LogP contribution in [0.4, 0.5) is 0 Å². The summed E-state index contributed by atoms with van der Waals surface area (Å²) < 4.78 is 0. The lowest BCUT2D eigenvalue weighted by atomic mass is 9.89. The van der Waals surface area contributed by atoms with Crippen LogP contribution in [0, 0.1) is 5.92 Å². The molecule has 4 rings (SSSR count). The van der Waals surface area contributed by atoms with Gasteiger partial charge in [-0.25, -0.2) is 9.97 Å². The molecule has 0 radical (unpaired) electrons. The molecule has 0 aliphatic heterocycles. The zero-order chi connectivity index (χ0) is 19.0. The van der Waals surface area contributed by atoms with Gasteiger partial charge in [0.15, 0.2) is 0 Å². The third-order valence-corrected chi connectivity index (χ3v) is 7.46. The van der Waals surface area contributed by atoms with Crippen molar-refractivity contribution in [3.8, 4) is 0 Å². The summed E-state index contributed by atoms with van der Waals surface area (Å²) in [5, 5.41) is 1.79. The lowest BCUT2D eigenvalue weighted by Crippen LogP contribution is -2.26. The maximum absolute atomic E-state index is 12.9. The van der Waals surface area contributed by atoms with E-state index in [0.29, 0.717) is 0 Å². The lowest BCUT2D eigenvalue weighted by molar-refractivity contribution is -0.128. The molecule has 3 aromatic rings. The topological polar surface area (TPSA) is 46.1 Å². The molecule has 0 fully saturated rings. The minimum absolute atomic E-state index is 0.0793. The van der Waals surface area contributed by atoms with Crippen LogP contribution in [0.5, 0.6) is 0 Å². The van der Waals surface area contributed by atoms with Gasteiger partial charge in [0.25, 0.3) is 0 Å². The highest BCUT2D eigenvalue weighted by molar-refractivity contribution is 8.00. The van der Waals surface area contributed by atoms with Crippen molar-refractivity contribution < 1.29 is 4.79 Å². The van der Waals surface area contributed by atoms with Gasteiger partial charge < -0.3 is 4.90 Å². The van der Waals surface area contributed by atoms with Gasteiger partial charge in [0.2, 0.25) is 5.91 Å². The summed E-state index contributed by atoms with van der Waals surface area (Å²) in [6, 6.07) is 9.97. The molecule has 0 unspecified atom stereocenters. The number of hydrogen-bond donors (Lipinski definition) is 0. The molecule has 0 saturated heterocycles. The summed E-state index contributed by atoms with van der Waals surface area (Å²) in [7, 11) is 3.62. The summed E-state index contributed by atoms with van der Waals surface area (Å²) in [5.74, 6) is 0.803. The Morgan fingerprint density at radius 1 is 1.26 bits per heavy atom.